The van der Waals surface area contributed by atoms with Crippen LogP contribution >= 0.6 is 0 Å². The average Bonchev–Trinajstić information content (AvgIpc) is 2.82. The van der Waals surface area contributed by atoms with Gasteiger partial charge in [0.2, 0.25) is 11.8 Å². The zero-order valence-electron chi connectivity index (χ0n) is 13.5. The maximum absolute atomic E-state index is 12.2. The summed E-state index contributed by atoms with van der Waals surface area (Å²) in [6.45, 7) is 5.26. The van der Waals surface area contributed by atoms with Gasteiger partial charge in [-0.3, -0.25) is 9.59 Å². The molecule has 0 unspecified atom stereocenters. The van der Waals surface area contributed by atoms with Crippen molar-refractivity contribution in [2.75, 3.05) is 25.5 Å². The molecule has 0 spiro atoms. The van der Waals surface area contributed by atoms with Gasteiger partial charge in [0.15, 0.2) is 0 Å². The van der Waals surface area contributed by atoms with Gasteiger partial charge in [-0.15, -0.1) is 0 Å². The van der Waals surface area contributed by atoms with E-state index in [1.807, 2.05) is 25.1 Å². The number of nitrogens with zero attached hydrogens (tertiary/aromatic N) is 1. The number of unbranched alkanes of at least 4 members (excludes halogenated alkanes) is 1. The van der Waals surface area contributed by atoms with E-state index in [9.17, 15) is 9.59 Å². The molecule has 1 aliphatic rings. The number of carbonyl (C=O) groups is 2. The number of anilines is 1. The Morgan fingerprint density at radius 2 is 2.23 bits per heavy atom. The molecular weight excluding hydrogens is 280 g/mol. The first-order valence-electron chi connectivity index (χ1n) is 7.79. The first-order valence-corrected chi connectivity index (χ1v) is 7.79. The Bertz CT molecular complexity index is 557. The zero-order chi connectivity index (χ0) is 16.1. The van der Waals surface area contributed by atoms with Crippen molar-refractivity contribution in [1.82, 2.24) is 4.90 Å². The van der Waals surface area contributed by atoms with Crippen molar-refractivity contribution in [3.8, 4) is 5.75 Å². The molecule has 0 aromatic heterocycles. The molecule has 1 heterocycles. The third-order valence-corrected chi connectivity index (χ3v) is 3.93. The quantitative estimate of drug-likeness (QED) is 0.822. The monoisotopic (exact) mass is 304 g/mol. The molecule has 1 N–H and O–H groups in total. The van der Waals surface area contributed by atoms with Crippen LogP contribution in [0.2, 0.25) is 0 Å². The Kier molecular flexibility index (Phi) is 5.41. The number of rotatable bonds is 6. The van der Waals surface area contributed by atoms with Gasteiger partial charge >= 0.3 is 0 Å². The highest BCUT2D eigenvalue weighted by Gasteiger charge is 2.32. The molecule has 1 aromatic rings. The summed E-state index contributed by atoms with van der Waals surface area (Å²) in [7, 11) is 1.73. The topological polar surface area (TPSA) is 58.6 Å². The number of likely N-dealkylation sites (tertiary alicyclic amines) is 1. The molecule has 2 amide bonds. The Labute approximate surface area is 131 Å². The van der Waals surface area contributed by atoms with Crippen LogP contribution in [0.5, 0.6) is 5.75 Å². The van der Waals surface area contributed by atoms with E-state index in [1.54, 1.807) is 11.9 Å². The fourth-order valence-electron chi connectivity index (χ4n) is 2.47. The van der Waals surface area contributed by atoms with Crippen LogP contribution in [-0.2, 0) is 9.59 Å². The summed E-state index contributed by atoms with van der Waals surface area (Å²) >= 11 is 0. The molecule has 0 saturated carbocycles. The van der Waals surface area contributed by atoms with Crippen LogP contribution in [0.1, 0.15) is 31.7 Å². The first-order chi connectivity index (χ1) is 10.5. The van der Waals surface area contributed by atoms with Crippen molar-refractivity contribution < 1.29 is 14.3 Å². The van der Waals surface area contributed by atoms with E-state index in [4.69, 9.17) is 4.74 Å². The number of hydrogen-bond donors (Lipinski definition) is 1. The second-order valence-corrected chi connectivity index (χ2v) is 5.84. The second-order valence-electron chi connectivity index (χ2n) is 5.84. The minimum Gasteiger partial charge on any atom is -0.494 e. The lowest BCUT2D eigenvalue weighted by Crippen LogP contribution is -2.26. The lowest BCUT2D eigenvalue weighted by atomic mass is 10.1. The molecule has 0 aliphatic carbocycles. The Morgan fingerprint density at radius 3 is 2.82 bits per heavy atom. The molecule has 0 bridgehead atoms. The highest BCUT2D eigenvalue weighted by atomic mass is 16.5. The van der Waals surface area contributed by atoms with Gasteiger partial charge in [-0.2, -0.15) is 0 Å². The molecule has 5 nitrogen and oxygen atoms in total. The van der Waals surface area contributed by atoms with E-state index >= 15 is 0 Å². The van der Waals surface area contributed by atoms with Crippen LogP contribution in [0.25, 0.3) is 0 Å². The van der Waals surface area contributed by atoms with Gasteiger partial charge in [0.05, 0.1) is 12.5 Å². The van der Waals surface area contributed by atoms with Crippen LogP contribution in [-0.4, -0.2) is 36.9 Å². The summed E-state index contributed by atoms with van der Waals surface area (Å²) in [5.74, 6) is 0.481. The van der Waals surface area contributed by atoms with Crippen LogP contribution < -0.4 is 10.1 Å². The summed E-state index contributed by atoms with van der Waals surface area (Å²) in [6, 6.07) is 5.65. The number of amides is 2. The number of ether oxygens (including phenoxy) is 1. The van der Waals surface area contributed by atoms with E-state index in [0.717, 1.165) is 29.8 Å². The van der Waals surface area contributed by atoms with Crippen LogP contribution in [0, 0.1) is 12.8 Å². The van der Waals surface area contributed by atoms with Crippen molar-refractivity contribution in [3.05, 3.63) is 23.8 Å². The van der Waals surface area contributed by atoms with Crippen molar-refractivity contribution in [2.45, 2.75) is 33.1 Å². The largest absolute Gasteiger partial charge is 0.494 e. The van der Waals surface area contributed by atoms with Gasteiger partial charge in [0.1, 0.15) is 5.75 Å². The summed E-state index contributed by atoms with van der Waals surface area (Å²) < 4.78 is 5.65. The third kappa shape index (κ3) is 4.00. The normalized spacial score (nSPS) is 17.7. The molecule has 22 heavy (non-hydrogen) atoms. The Morgan fingerprint density at radius 1 is 1.45 bits per heavy atom. The lowest BCUT2D eigenvalue weighted by molar-refractivity contribution is -0.127. The zero-order valence-corrected chi connectivity index (χ0v) is 13.5. The van der Waals surface area contributed by atoms with E-state index in [2.05, 4.69) is 12.2 Å². The predicted octanol–water partition coefficient (Wildman–Crippen LogP) is 2.59. The SMILES string of the molecule is CCCCOc1ccc(NC(=O)[C@H]2CC(=O)N(C)C2)c(C)c1. The number of aryl methyl sites for hydroxylation is 1. The molecule has 1 fully saturated rings. The molecular formula is C17H24N2O3. The Hall–Kier alpha value is -2.04. The highest BCUT2D eigenvalue weighted by Crippen LogP contribution is 2.24. The van der Waals surface area contributed by atoms with Gasteiger partial charge in [0, 0.05) is 25.7 Å². The van der Waals surface area contributed by atoms with Crippen molar-refractivity contribution in [1.29, 1.82) is 0 Å². The van der Waals surface area contributed by atoms with E-state index < -0.39 is 0 Å². The number of nitrogens with one attached hydrogen (secondary N) is 1. The maximum atomic E-state index is 12.2. The fraction of sp³-hybridized carbons (Fsp3) is 0.529. The Balaban J connectivity index is 1.95. The van der Waals surface area contributed by atoms with Crippen LogP contribution in [0.4, 0.5) is 5.69 Å². The van der Waals surface area contributed by atoms with Crippen molar-refractivity contribution in [3.63, 3.8) is 0 Å². The van der Waals surface area contributed by atoms with Gasteiger partial charge in [0.25, 0.3) is 0 Å². The van der Waals surface area contributed by atoms with E-state index in [-0.39, 0.29) is 17.7 Å². The second kappa shape index (κ2) is 7.29. The van der Waals surface area contributed by atoms with Gasteiger partial charge in [-0.05, 0) is 37.1 Å². The van der Waals surface area contributed by atoms with E-state index in [1.165, 1.54) is 0 Å². The molecule has 2 rings (SSSR count). The van der Waals surface area contributed by atoms with Crippen LogP contribution in [0.3, 0.4) is 0 Å². The standard InChI is InChI=1S/C17H24N2O3/c1-4-5-8-22-14-6-7-15(12(2)9-14)18-17(21)13-10-16(20)19(3)11-13/h6-7,9,13H,4-5,8,10-11H2,1-3H3,(H,18,21)/t13-/m0/s1. The third-order valence-electron chi connectivity index (χ3n) is 3.93. The molecule has 5 heteroatoms. The summed E-state index contributed by atoms with van der Waals surface area (Å²) in [4.78, 5) is 25.3. The minimum absolute atomic E-state index is 0.0246. The average molecular weight is 304 g/mol. The number of hydrogen-bond acceptors (Lipinski definition) is 3. The smallest absolute Gasteiger partial charge is 0.229 e. The van der Waals surface area contributed by atoms with Gasteiger partial charge in [-0.1, -0.05) is 13.3 Å². The maximum Gasteiger partial charge on any atom is 0.229 e. The highest BCUT2D eigenvalue weighted by molar-refractivity contribution is 5.97. The van der Waals surface area contributed by atoms with Gasteiger partial charge < -0.3 is 15.0 Å². The molecule has 120 valence electrons. The molecule has 1 saturated heterocycles. The molecule has 0 radical (unpaired) electrons. The van der Waals surface area contributed by atoms with E-state index in [0.29, 0.717) is 19.6 Å². The molecule has 1 aromatic carbocycles. The van der Waals surface area contributed by atoms with Crippen LogP contribution in [0.15, 0.2) is 18.2 Å². The summed E-state index contributed by atoms with van der Waals surface area (Å²) in [5.41, 5.74) is 1.73. The minimum atomic E-state index is -0.266. The predicted molar refractivity (Wildman–Crippen MR) is 86.0 cm³/mol. The first kappa shape index (κ1) is 16.3. The summed E-state index contributed by atoms with van der Waals surface area (Å²) in [6.07, 6.45) is 2.42. The number of benzene rings is 1. The summed E-state index contributed by atoms with van der Waals surface area (Å²) in [5, 5.41) is 2.91. The molecule has 1 aliphatic heterocycles. The van der Waals surface area contributed by atoms with Gasteiger partial charge in [-0.25, -0.2) is 0 Å². The van der Waals surface area contributed by atoms with Crippen molar-refractivity contribution in [2.24, 2.45) is 5.92 Å². The number of carbonyl (C=O) groups excluding carboxylic acids is 2. The molecule has 1 atom stereocenters. The van der Waals surface area contributed by atoms with Crippen molar-refractivity contribution >= 4 is 17.5 Å². The fourth-order valence-corrected chi connectivity index (χ4v) is 2.47. The lowest BCUT2D eigenvalue weighted by Gasteiger charge is -2.14.